The molecule has 1 aromatic carbocycles. The summed E-state index contributed by atoms with van der Waals surface area (Å²) >= 11 is 0. The van der Waals surface area contributed by atoms with Crippen molar-refractivity contribution in [3.8, 4) is 40.7 Å². The number of hydrogen-bond donors (Lipinski definition) is 0. The monoisotopic (exact) mass is 457 g/mol. The Labute approximate surface area is 181 Å². The highest BCUT2D eigenvalue weighted by atomic mass is 32.2. The molecule has 162 valence electrons. The first-order chi connectivity index (χ1) is 15.1. The topological polar surface area (TPSA) is 78.0 Å². The van der Waals surface area contributed by atoms with Crippen LogP contribution in [0.1, 0.15) is 11.3 Å². The van der Waals surface area contributed by atoms with E-state index in [1.807, 2.05) is 0 Å². The number of nitrogens with zero attached hydrogens (tertiary/aromatic N) is 3. The summed E-state index contributed by atoms with van der Waals surface area (Å²) in [5.41, 5.74) is 0.0286. The van der Waals surface area contributed by atoms with Crippen LogP contribution in [-0.4, -0.2) is 29.4 Å². The highest BCUT2D eigenvalue weighted by Crippen LogP contribution is 2.35. The molecule has 0 amide bonds. The van der Waals surface area contributed by atoms with E-state index >= 15 is 0 Å². The van der Waals surface area contributed by atoms with Crippen LogP contribution in [-0.2, 0) is 16.0 Å². The standard InChI is InChI=1S/C22H14F3N3O3S/c1-3-14-12-15(8-9-16(14)18-6-5-11-31-18)17-13-20(22(23,24)25)27-28(17)21-19(32(2,29)30)7-4-10-26-21/h1,4-13H,2H3. The zero-order chi connectivity index (χ0) is 23.1. The van der Waals surface area contributed by atoms with E-state index in [1.54, 1.807) is 24.3 Å². The van der Waals surface area contributed by atoms with Gasteiger partial charge in [0.1, 0.15) is 10.7 Å². The summed E-state index contributed by atoms with van der Waals surface area (Å²) in [7, 11) is -3.81. The predicted octanol–water partition coefficient (Wildman–Crippen LogP) is 4.60. The highest BCUT2D eigenvalue weighted by molar-refractivity contribution is 7.90. The number of pyridine rings is 1. The lowest BCUT2D eigenvalue weighted by Gasteiger charge is -2.11. The normalized spacial score (nSPS) is 12.0. The van der Waals surface area contributed by atoms with Gasteiger partial charge in [-0.3, -0.25) is 0 Å². The van der Waals surface area contributed by atoms with Crippen LogP contribution in [0.3, 0.4) is 0 Å². The zero-order valence-corrected chi connectivity index (χ0v) is 17.3. The minimum Gasteiger partial charge on any atom is -0.464 e. The largest absolute Gasteiger partial charge is 0.464 e. The molecule has 0 N–H and O–H groups in total. The Morgan fingerprint density at radius 1 is 1.12 bits per heavy atom. The average molecular weight is 457 g/mol. The van der Waals surface area contributed by atoms with Gasteiger partial charge < -0.3 is 4.42 Å². The molecule has 0 bridgehead atoms. The van der Waals surface area contributed by atoms with E-state index < -0.39 is 21.7 Å². The van der Waals surface area contributed by atoms with Crippen LogP contribution in [0.5, 0.6) is 0 Å². The van der Waals surface area contributed by atoms with Gasteiger partial charge in [0.2, 0.25) is 0 Å². The number of benzene rings is 1. The van der Waals surface area contributed by atoms with Crippen molar-refractivity contribution in [3.63, 3.8) is 0 Å². The molecule has 6 nitrogen and oxygen atoms in total. The molecule has 0 unspecified atom stereocenters. The van der Waals surface area contributed by atoms with Gasteiger partial charge in [0, 0.05) is 29.1 Å². The van der Waals surface area contributed by atoms with Gasteiger partial charge >= 0.3 is 6.18 Å². The molecule has 0 spiro atoms. The van der Waals surface area contributed by atoms with E-state index in [1.165, 1.54) is 30.7 Å². The van der Waals surface area contributed by atoms with Crippen LogP contribution in [0, 0.1) is 12.3 Å². The summed E-state index contributed by atoms with van der Waals surface area (Å²) in [6.45, 7) is 0. The van der Waals surface area contributed by atoms with E-state index in [9.17, 15) is 21.6 Å². The SMILES string of the molecule is C#Cc1cc(-c2cc(C(F)(F)F)nn2-c2ncccc2S(C)(=O)=O)ccc1-c1ccco1. The van der Waals surface area contributed by atoms with Crippen molar-refractivity contribution >= 4 is 9.84 Å². The van der Waals surface area contributed by atoms with E-state index in [4.69, 9.17) is 10.8 Å². The summed E-state index contributed by atoms with van der Waals surface area (Å²) < 4.78 is 71.1. The minimum atomic E-state index is -4.76. The maximum atomic E-state index is 13.5. The van der Waals surface area contributed by atoms with Crippen molar-refractivity contribution in [1.29, 1.82) is 0 Å². The lowest BCUT2D eigenvalue weighted by Crippen LogP contribution is -2.11. The third-order valence-electron chi connectivity index (χ3n) is 4.61. The van der Waals surface area contributed by atoms with Crippen LogP contribution in [0.15, 0.2) is 70.3 Å². The number of terminal acetylenes is 1. The number of sulfone groups is 1. The summed E-state index contributed by atoms with van der Waals surface area (Å²) in [5.74, 6) is 2.75. The van der Waals surface area contributed by atoms with Gasteiger partial charge in [0.05, 0.1) is 12.0 Å². The predicted molar refractivity (Wildman–Crippen MR) is 111 cm³/mol. The maximum absolute atomic E-state index is 13.5. The Morgan fingerprint density at radius 2 is 1.91 bits per heavy atom. The molecule has 0 saturated heterocycles. The Hall–Kier alpha value is -3.84. The Bertz CT molecular complexity index is 1450. The van der Waals surface area contributed by atoms with Gasteiger partial charge in [-0.1, -0.05) is 12.0 Å². The molecule has 4 aromatic rings. The van der Waals surface area contributed by atoms with Crippen molar-refractivity contribution in [2.45, 2.75) is 11.1 Å². The van der Waals surface area contributed by atoms with Gasteiger partial charge in [-0.15, -0.1) is 6.42 Å². The second-order valence-electron chi connectivity index (χ2n) is 6.80. The molecule has 0 fully saturated rings. The second-order valence-corrected chi connectivity index (χ2v) is 8.79. The molecule has 3 aromatic heterocycles. The third-order valence-corrected chi connectivity index (χ3v) is 5.73. The van der Waals surface area contributed by atoms with Gasteiger partial charge in [-0.2, -0.15) is 18.3 Å². The minimum absolute atomic E-state index is 0.0246. The summed E-state index contributed by atoms with van der Waals surface area (Å²) in [4.78, 5) is 3.73. The number of aromatic nitrogens is 3. The van der Waals surface area contributed by atoms with E-state index in [2.05, 4.69) is 16.0 Å². The Balaban J connectivity index is 1.97. The van der Waals surface area contributed by atoms with Crippen molar-refractivity contribution in [3.05, 3.63) is 72.2 Å². The van der Waals surface area contributed by atoms with Crippen LogP contribution in [0.2, 0.25) is 0 Å². The van der Waals surface area contributed by atoms with E-state index in [0.29, 0.717) is 22.5 Å². The van der Waals surface area contributed by atoms with Gasteiger partial charge in [-0.05, 0) is 42.5 Å². The van der Waals surface area contributed by atoms with E-state index in [0.717, 1.165) is 17.0 Å². The number of alkyl halides is 3. The molecular formula is C22H14F3N3O3S. The first-order valence-electron chi connectivity index (χ1n) is 9.07. The van der Waals surface area contributed by atoms with Crippen LogP contribution < -0.4 is 0 Å². The van der Waals surface area contributed by atoms with Crippen molar-refractivity contribution in [1.82, 2.24) is 14.8 Å². The molecule has 0 aliphatic carbocycles. The first kappa shape index (κ1) is 21.4. The fraction of sp³-hybridized carbons (Fsp3) is 0.0909. The van der Waals surface area contributed by atoms with Gasteiger partial charge in [0.15, 0.2) is 21.3 Å². The van der Waals surface area contributed by atoms with Crippen molar-refractivity contribution in [2.24, 2.45) is 0 Å². The first-order valence-corrected chi connectivity index (χ1v) is 11.0. The number of rotatable bonds is 4. The smallest absolute Gasteiger partial charge is 0.435 e. The molecule has 0 aliphatic rings. The summed E-state index contributed by atoms with van der Waals surface area (Å²) in [6.07, 6.45) is 4.55. The highest BCUT2D eigenvalue weighted by Gasteiger charge is 2.36. The lowest BCUT2D eigenvalue weighted by molar-refractivity contribution is -0.141. The lowest BCUT2D eigenvalue weighted by atomic mass is 10.0. The Morgan fingerprint density at radius 3 is 2.53 bits per heavy atom. The molecule has 4 rings (SSSR count). The number of furan rings is 1. The molecule has 10 heteroatoms. The Kier molecular flexibility index (Phi) is 5.14. The van der Waals surface area contributed by atoms with Crippen LogP contribution in [0.25, 0.3) is 28.4 Å². The molecule has 0 atom stereocenters. The third kappa shape index (κ3) is 3.90. The van der Waals surface area contributed by atoms with Crippen molar-refractivity contribution in [2.75, 3.05) is 6.26 Å². The summed E-state index contributed by atoms with van der Waals surface area (Å²) in [5, 5.41) is 3.62. The van der Waals surface area contributed by atoms with Gasteiger partial charge in [0.25, 0.3) is 0 Å². The number of halogens is 3. The van der Waals surface area contributed by atoms with Gasteiger partial charge in [-0.25, -0.2) is 18.1 Å². The molecular weight excluding hydrogens is 443 g/mol. The molecule has 0 aliphatic heterocycles. The maximum Gasteiger partial charge on any atom is 0.435 e. The molecule has 32 heavy (non-hydrogen) atoms. The second kappa shape index (κ2) is 7.69. The average Bonchev–Trinajstić information content (AvgIpc) is 3.42. The quantitative estimate of drug-likeness (QED) is 0.419. The summed E-state index contributed by atoms with van der Waals surface area (Å²) in [6, 6.07) is 11.5. The fourth-order valence-corrected chi connectivity index (χ4v) is 3.98. The molecule has 0 radical (unpaired) electrons. The van der Waals surface area contributed by atoms with E-state index in [-0.39, 0.29) is 16.4 Å². The fourth-order valence-electron chi connectivity index (χ4n) is 3.19. The molecule has 3 heterocycles. The van der Waals surface area contributed by atoms with Crippen LogP contribution >= 0.6 is 0 Å². The molecule has 0 saturated carbocycles. The number of hydrogen-bond acceptors (Lipinski definition) is 5. The van der Waals surface area contributed by atoms with Crippen molar-refractivity contribution < 1.29 is 26.0 Å². The van der Waals surface area contributed by atoms with Crippen LogP contribution in [0.4, 0.5) is 13.2 Å². The zero-order valence-electron chi connectivity index (χ0n) is 16.5.